The number of carbonyl (C=O) groups is 1. The molecule has 0 aliphatic rings. The lowest BCUT2D eigenvalue weighted by molar-refractivity contribution is 0.0564. The van der Waals surface area contributed by atoms with E-state index in [1.54, 1.807) is 7.11 Å². The number of aromatic nitrogens is 1. The van der Waals surface area contributed by atoms with Crippen LogP contribution in [-0.2, 0) is 11.2 Å². The molecule has 0 unspecified atom stereocenters. The number of carbonyl (C=O) groups excluding carboxylic acids is 1. The van der Waals surface area contributed by atoms with Crippen LogP contribution in [0, 0.1) is 0 Å². The van der Waals surface area contributed by atoms with E-state index in [-0.39, 0.29) is 5.76 Å². The first-order chi connectivity index (χ1) is 9.71. The molecule has 1 heterocycles. The van der Waals surface area contributed by atoms with Gasteiger partial charge in [0, 0.05) is 0 Å². The van der Waals surface area contributed by atoms with E-state index < -0.39 is 5.97 Å². The summed E-state index contributed by atoms with van der Waals surface area (Å²) in [5, 5.41) is 0. The molecule has 0 fully saturated rings. The topological polar surface area (TPSA) is 61.6 Å². The molecule has 1 aromatic carbocycles. The molecule has 5 nitrogen and oxygen atoms in total. The third-order valence-corrected chi connectivity index (χ3v) is 2.89. The fraction of sp³-hybridized carbons (Fsp3) is 0.333. The molecule has 0 saturated carbocycles. The Bertz CT molecular complexity index is 604. The van der Waals surface area contributed by atoms with Crippen LogP contribution in [0.1, 0.15) is 29.6 Å². The number of hydrogen-bond acceptors (Lipinski definition) is 5. The lowest BCUT2D eigenvalue weighted by Crippen LogP contribution is -2.03. The number of nitrogens with zero attached hydrogens (tertiary/aromatic N) is 1. The normalized spacial score (nSPS) is 10.3. The fourth-order valence-corrected chi connectivity index (χ4v) is 1.95. The molecule has 5 heteroatoms. The van der Waals surface area contributed by atoms with Crippen molar-refractivity contribution >= 4 is 5.97 Å². The summed E-state index contributed by atoms with van der Waals surface area (Å²) >= 11 is 0. The zero-order chi connectivity index (χ0) is 14.5. The van der Waals surface area contributed by atoms with Gasteiger partial charge < -0.3 is 13.9 Å². The summed E-state index contributed by atoms with van der Waals surface area (Å²) in [6, 6.07) is 7.37. The molecule has 2 rings (SSSR count). The molecule has 0 bridgehead atoms. The summed E-state index contributed by atoms with van der Waals surface area (Å²) in [5.74, 6) is 0.664. The van der Waals surface area contributed by atoms with Crippen LogP contribution in [0.5, 0.6) is 5.75 Å². The molecule has 0 spiro atoms. The largest absolute Gasteiger partial charge is 0.496 e. The Morgan fingerprint density at radius 3 is 2.70 bits per heavy atom. The third-order valence-electron chi connectivity index (χ3n) is 2.89. The van der Waals surface area contributed by atoms with Crippen molar-refractivity contribution < 1.29 is 18.7 Å². The molecule has 0 saturated heterocycles. The van der Waals surface area contributed by atoms with Crippen LogP contribution in [0.25, 0.3) is 11.5 Å². The van der Waals surface area contributed by atoms with E-state index in [9.17, 15) is 4.79 Å². The zero-order valence-electron chi connectivity index (χ0n) is 11.8. The van der Waals surface area contributed by atoms with Crippen molar-refractivity contribution in [3.8, 4) is 17.2 Å². The van der Waals surface area contributed by atoms with E-state index in [2.05, 4.69) is 4.98 Å². The molecule has 20 heavy (non-hydrogen) atoms. The molecule has 2 aromatic rings. The average molecular weight is 275 g/mol. The van der Waals surface area contributed by atoms with Gasteiger partial charge in [0.2, 0.25) is 11.7 Å². The van der Waals surface area contributed by atoms with Crippen LogP contribution in [-0.4, -0.2) is 25.2 Å². The quantitative estimate of drug-likeness (QED) is 0.785. The number of methoxy groups -OCH3 is 2. The maximum atomic E-state index is 11.7. The SMILES string of the molecule is CCCc1nc(-c2ccccc2OC)oc1C(=O)OC. The van der Waals surface area contributed by atoms with Gasteiger partial charge in [-0.25, -0.2) is 9.78 Å². The van der Waals surface area contributed by atoms with Crippen molar-refractivity contribution in [3.63, 3.8) is 0 Å². The highest BCUT2D eigenvalue weighted by molar-refractivity contribution is 5.88. The molecular weight excluding hydrogens is 258 g/mol. The lowest BCUT2D eigenvalue weighted by Gasteiger charge is -2.03. The molecule has 0 aliphatic heterocycles. The first-order valence-electron chi connectivity index (χ1n) is 6.42. The fourth-order valence-electron chi connectivity index (χ4n) is 1.95. The molecule has 106 valence electrons. The van der Waals surface area contributed by atoms with Gasteiger partial charge in [-0.05, 0) is 18.6 Å². The van der Waals surface area contributed by atoms with Crippen LogP contribution >= 0.6 is 0 Å². The van der Waals surface area contributed by atoms with Crippen molar-refractivity contribution in [1.82, 2.24) is 4.98 Å². The van der Waals surface area contributed by atoms with Crippen LogP contribution in [0.3, 0.4) is 0 Å². The van der Waals surface area contributed by atoms with E-state index in [0.717, 1.165) is 6.42 Å². The van der Waals surface area contributed by atoms with Crippen LogP contribution in [0.4, 0.5) is 0 Å². The Morgan fingerprint density at radius 1 is 1.30 bits per heavy atom. The number of aryl methyl sites for hydroxylation is 1. The third kappa shape index (κ3) is 2.66. The number of para-hydroxylation sites is 1. The summed E-state index contributed by atoms with van der Waals surface area (Å²) in [6.45, 7) is 2.01. The highest BCUT2D eigenvalue weighted by Gasteiger charge is 2.22. The maximum Gasteiger partial charge on any atom is 0.376 e. The van der Waals surface area contributed by atoms with Crippen LogP contribution < -0.4 is 4.74 Å². The number of esters is 1. The molecule has 1 aromatic heterocycles. The average Bonchev–Trinajstić information content (AvgIpc) is 2.90. The number of ether oxygens (including phenoxy) is 2. The monoisotopic (exact) mass is 275 g/mol. The Kier molecular flexibility index (Phi) is 4.40. The van der Waals surface area contributed by atoms with Gasteiger partial charge in [0.05, 0.1) is 25.5 Å². The second-order valence-corrected chi connectivity index (χ2v) is 4.24. The first-order valence-corrected chi connectivity index (χ1v) is 6.42. The molecule has 0 aliphatic carbocycles. The van der Waals surface area contributed by atoms with Crippen LogP contribution in [0.2, 0.25) is 0 Å². The summed E-state index contributed by atoms with van der Waals surface area (Å²) in [6.07, 6.45) is 1.52. The van der Waals surface area contributed by atoms with Gasteiger partial charge in [-0.2, -0.15) is 0 Å². The van der Waals surface area contributed by atoms with E-state index in [1.165, 1.54) is 7.11 Å². The Labute approximate surface area is 117 Å². The number of oxazole rings is 1. The highest BCUT2D eigenvalue weighted by atomic mass is 16.5. The minimum absolute atomic E-state index is 0.162. The number of benzene rings is 1. The Balaban J connectivity index is 2.50. The van der Waals surface area contributed by atoms with Crippen molar-refractivity contribution in [3.05, 3.63) is 35.7 Å². The van der Waals surface area contributed by atoms with Gasteiger partial charge >= 0.3 is 5.97 Å². The Hall–Kier alpha value is -2.30. The molecule has 0 N–H and O–H groups in total. The minimum Gasteiger partial charge on any atom is -0.496 e. The molecule has 0 amide bonds. The van der Waals surface area contributed by atoms with E-state index in [0.29, 0.717) is 29.3 Å². The highest BCUT2D eigenvalue weighted by Crippen LogP contribution is 2.30. The van der Waals surface area contributed by atoms with Gasteiger partial charge in [-0.15, -0.1) is 0 Å². The zero-order valence-corrected chi connectivity index (χ0v) is 11.8. The first kappa shape index (κ1) is 14.1. The van der Waals surface area contributed by atoms with Crippen molar-refractivity contribution in [2.75, 3.05) is 14.2 Å². The number of hydrogen-bond donors (Lipinski definition) is 0. The van der Waals surface area contributed by atoms with Crippen LogP contribution in [0.15, 0.2) is 28.7 Å². The van der Waals surface area contributed by atoms with Gasteiger partial charge in [0.25, 0.3) is 0 Å². The molecular formula is C15H17NO4. The van der Waals surface area contributed by atoms with Gasteiger partial charge in [0.15, 0.2) is 0 Å². The Morgan fingerprint density at radius 2 is 2.05 bits per heavy atom. The second-order valence-electron chi connectivity index (χ2n) is 4.24. The summed E-state index contributed by atoms with van der Waals surface area (Å²) in [5.41, 5.74) is 1.32. The predicted octanol–water partition coefficient (Wildman–Crippen LogP) is 3.09. The van der Waals surface area contributed by atoms with Crippen molar-refractivity contribution in [2.24, 2.45) is 0 Å². The van der Waals surface area contributed by atoms with Gasteiger partial charge in [0.1, 0.15) is 5.75 Å². The molecule has 0 radical (unpaired) electrons. The van der Waals surface area contributed by atoms with E-state index in [4.69, 9.17) is 13.9 Å². The van der Waals surface area contributed by atoms with Crippen molar-refractivity contribution in [1.29, 1.82) is 0 Å². The minimum atomic E-state index is -0.512. The predicted molar refractivity (Wildman–Crippen MR) is 73.8 cm³/mol. The number of rotatable bonds is 5. The van der Waals surface area contributed by atoms with Crippen molar-refractivity contribution in [2.45, 2.75) is 19.8 Å². The smallest absolute Gasteiger partial charge is 0.376 e. The van der Waals surface area contributed by atoms with Gasteiger partial charge in [-0.3, -0.25) is 0 Å². The summed E-state index contributed by atoms with van der Waals surface area (Å²) in [7, 11) is 2.90. The van der Waals surface area contributed by atoms with Gasteiger partial charge in [-0.1, -0.05) is 25.5 Å². The second kappa shape index (κ2) is 6.23. The van der Waals surface area contributed by atoms with E-state index in [1.807, 2.05) is 31.2 Å². The maximum absolute atomic E-state index is 11.7. The molecule has 0 atom stereocenters. The van der Waals surface area contributed by atoms with E-state index >= 15 is 0 Å². The standard InChI is InChI=1S/C15H17NO4/c1-4-7-11-13(15(17)19-3)20-14(16-11)10-8-5-6-9-12(10)18-2/h5-6,8-9H,4,7H2,1-3H3. The lowest BCUT2D eigenvalue weighted by atomic mass is 10.2. The summed E-state index contributed by atoms with van der Waals surface area (Å²) in [4.78, 5) is 16.1. The summed E-state index contributed by atoms with van der Waals surface area (Å²) < 4.78 is 15.6.